The fraction of sp³-hybridized carbons (Fsp3) is 0.375. The Bertz CT molecular complexity index is 1280. The van der Waals surface area contributed by atoms with Crippen molar-refractivity contribution in [3.8, 4) is 17.2 Å². The summed E-state index contributed by atoms with van der Waals surface area (Å²) in [6.45, 7) is 0.308. The first-order valence-electron chi connectivity index (χ1n) is 11.6. The molecular weight excluding hydrogens is 504 g/mol. The van der Waals surface area contributed by atoms with Crippen molar-refractivity contribution in [1.29, 1.82) is 0 Å². The number of hydrogen-bond acceptors (Lipinski definition) is 8. The monoisotopic (exact) mass is 534 g/mol. The number of phenols is 2. The number of amides is 3. The van der Waals surface area contributed by atoms with Crippen molar-refractivity contribution in [2.24, 2.45) is 0 Å². The summed E-state index contributed by atoms with van der Waals surface area (Å²) in [5.74, 6) is -1.40. The van der Waals surface area contributed by atoms with Gasteiger partial charge in [0.2, 0.25) is 5.91 Å². The third-order valence-corrected chi connectivity index (χ3v) is 6.94. The van der Waals surface area contributed by atoms with Gasteiger partial charge in [-0.2, -0.15) is 8.42 Å². The summed E-state index contributed by atoms with van der Waals surface area (Å²) in [6, 6.07) is 8.99. The minimum absolute atomic E-state index is 0.0160. The summed E-state index contributed by atoms with van der Waals surface area (Å²) in [5, 5.41) is 23.1. The highest BCUT2D eigenvalue weighted by Gasteiger charge is 2.35. The van der Waals surface area contributed by atoms with E-state index in [1.165, 1.54) is 23.1 Å². The summed E-state index contributed by atoms with van der Waals surface area (Å²) >= 11 is 0. The molecule has 12 nitrogen and oxygen atoms in total. The number of aryl methyl sites for hydroxylation is 1. The predicted octanol–water partition coefficient (Wildman–Crippen LogP) is 0.889. The van der Waals surface area contributed by atoms with Crippen molar-refractivity contribution < 1.29 is 37.8 Å². The average Bonchev–Trinajstić information content (AvgIpc) is 3.11. The lowest BCUT2D eigenvalue weighted by atomic mass is 10.1. The van der Waals surface area contributed by atoms with Crippen molar-refractivity contribution in [2.45, 2.75) is 25.7 Å². The van der Waals surface area contributed by atoms with E-state index in [4.69, 9.17) is 4.74 Å². The summed E-state index contributed by atoms with van der Waals surface area (Å²) < 4.78 is 32.2. The molecule has 1 aliphatic rings. The van der Waals surface area contributed by atoms with Gasteiger partial charge in [-0.25, -0.2) is 9.03 Å². The molecule has 2 aromatic rings. The molecule has 3 amide bonds. The SMILES string of the molecule is CN(C)C(=O)c1c(O)cccc1OCCCCNC(=O)CCc1ccc(N2CC(=O)NS2(=O)=O)c(O)c1. The van der Waals surface area contributed by atoms with E-state index >= 15 is 0 Å². The van der Waals surface area contributed by atoms with Crippen LogP contribution in [-0.2, 0) is 26.2 Å². The van der Waals surface area contributed by atoms with E-state index < -0.39 is 22.7 Å². The number of nitrogens with zero attached hydrogens (tertiary/aromatic N) is 2. The average molecular weight is 535 g/mol. The van der Waals surface area contributed by atoms with E-state index in [9.17, 15) is 33.0 Å². The van der Waals surface area contributed by atoms with Crippen LogP contribution < -0.4 is 19.1 Å². The summed E-state index contributed by atoms with van der Waals surface area (Å²) in [6.07, 6.45) is 1.73. The fourth-order valence-electron chi connectivity index (χ4n) is 3.66. The first kappa shape index (κ1) is 27.6. The predicted molar refractivity (Wildman–Crippen MR) is 135 cm³/mol. The first-order chi connectivity index (χ1) is 17.5. The summed E-state index contributed by atoms with van der Waals surface area (Å²) in [5.41, 5.74) is 0.722. The van der Waals surface area contributed by atoms with Crippen LogP contribution in [0, 0.1) is 0 Å². The number of carbonyl (C=O) groups is 3. The molecule has 0 atom stereocenters. The van der Waals surface area contributed by atoms with Gasteiger partial charge in [0, 0.05) is 27.1 Å². The van der Waals surface area contributed by atoms with Crippen LogP contribution in [0.2, 0.25) is 0 Å². The molecule has 0 aromatic heterocycles. The lowest BCUT2D eigenvalue weighted by molar-refractivity contribution is -0.121. The quantitative estimate of drug-likeness (QED) is 0.309. The second-order valence-electron chi connectivity index (χ2n) is 8.62. The van der Waals surface area contributed by atoms with E-state index in [0.717, 1.165) is 4.31 Å². The van der Waals surface area contributed by atoms with E-state index in [0.29, 0.717) is 43.7 Å². The zero-order valence-electron chi connectivity index (χ0n) is 20.6. The van der Waals surface area contributed by atoms with Gasteiger partial charge in [-0.3, -0.25) is 14.4 Å². The minimum Gasteiger partial charge on any atom is -0.507 e. The van der Waals surface area contributed by atoms with Crippen molar-refractivity contribution >= 4 is 33.6 Å². The number of benzene rings is 2. The van der Waals surface area contributed by atoms with Gasteiger partial charge < -0.3 is 25.2 Å². The Morgan fingerprint density at radius 2 is 1.89 bits per heavy atom. The van der Waals surface area contributed by atoms with E-state index in [1.807, 2.05) is 4.72 Å². The topological polar surface area (TPSA) is 166 Å². The fourth-order valence-corrected chi connectivity index (χ4v) is 4.82. The van der Waals surface area contributed by atoms with Crippen LogP contribution in [0.1, 0.15) is 35.2 Å². The molecule has 13 heteroatoms. The molecule has 3 rings (SSSR count). The van der Waals surface area contributed by atoms with Gasteiger partial charge in [0.1, 0.15) is 29.4 Å². The van der Waals surface area contributed by atoms with Crippen LogP contribution >= 0.6 is 0 Å². The van der Waals surface area contributed by atoms with Crippen LogP contribution in [0.15, 0.2) is 36.4 Å². The number of ether oxygens (including phenoxy) is 1. The molecule has 2 aromatic carbocycles. The zero-order valence-corrected chi connectivity index (χ0v) is 21.4. The van der Waals surface area contributed by atoms with Gasteiger partial charge >= 0.3 is 10.2 Å². The standard InChI is InChI=1S/C24H30N4O8S/c1-27(2)24(33)23-18(29)6-5-7-20(23)36-13-4-3-12-25-21(31)11-9-16-8-10-17(19(30)14-16)28-15-22(32)26-37(28,34)35/h5-8,10,14,29-30H,3-4,9,11-13,15H2,1-2H3,(H,25,31)(H,26,32). The molecular formula is C24H30N4O8S. The first-order valence-corrected chi connectivity index (χ1v) is 13.0. The second kappa shape index (κ2) is 11.8. The van der Waals surface area contributed by atoms with Gasteiger partial charge in [-0.05, 0) is 49.1 Å². The Balaban J connectivity index is 1.39. The maximum Gasteiger partial charge on any atom is 0.326 e. The lowest BCUT2D eigenvalue weighted by Crippen LogP contribution is -2.29. The highest BCUT2D eigenvalue weighted by molar-refractivity contribution is 7.92. The Morgan fingerprint density at radius 1 is 1.14 bits per heavy atom. The number of unbranched alkanes of at least 4 members (excludes halogenated alkanes) is 1. The molecule has 37 heavy (non-hydrogen) atoms. The highest BCUT2D eigenvalue weighted by atomic mass is 32.2. The van der Waals surface area contributed by atoms with E-state index in [1.54, 1.807) is 32.3 Å². The Kier molecular flexibility index (Phi) is 8.81. The van der Waals surface area contributed by atoms with Crippen LogP contribution in [0.5, 0.6) is 17.2 Å². The van der Waals surface area contributed by atoms with Crippen LogP contribution in [0.25, 0.3) is 0 Å². The van der Waals surface area contributed by atoms with Crippen LogP contribution in [0.4, 0.5) is 5.69 Å². The number of anilines is 1. The van der Waals surface area contributed by atoms with Gasteiger partial charge in [-0.1, -0.05) is 12.1 Å². The molecule has 4 N–H and O–H groups in total. The van der Waals surface area contributed by atoms with E-state index in [-0.39, 0.29) is 41.0 Å². The highest BCUT2D eigenvalue weighted by Crippen LogP contribution is 2.32. The Labute approximate surface area is 215 Å². The Morgan fingerprint density at radius 3 is 2.54 bits per heavy atom. The molecule has 0 aliphatic carbocycles. The molecule has 0 saturated carbocycles. The zero-order chi connectivity index (χ0) is 27.2. The lowest BCUT2D eigenvalue weighted by Gasteiger charge is -2.16. The van der Waals surface area contributed by atoms with E-state index in [2.05, 4.69) is 5.32 Å². The largest absolute Gasteiger partial charge is 0.507 e. The number of phenolic OH excluding ortho intramolecular Hbond substituents is 2. The molecule has 1 heterocycles. The van der Waals surface area contributed by atoms with Crippen molar-refractivity contribution in [3.63, 3.8) is 0 Å². The van der Waals surface area contributed by atoms with Crippen molar-refractivity contribution in [2.75, 3.05) is 38.1 Å². The second-order valence-corrected chi connectivity index (χ2v) is 10.2. The normalized spacial score (nSPS) is 14.2. The molecule has 0 bridgehead atoms. The molecule has 1 saturated heterocycles. The molecule has 200 valence electrons. The summed E-state index contributed by atoms with van der Waals surface area (Å²) in [4.78, 5) is 37.2. The third-order valence-electron chi connectivity index (χ3n) is 5.54. The van der Waals surface area contributed by atoms with Crippen LogP contribution in [0.3, 0.4) is 0 Å². The number of aromatic hydroxyl groups is 2. The molecule has 0 radical (unpaired) electrons. The molecule has 1 aliphatic heterocycles. The molecule has 0 unspecified atom stereocenters. The van der Waals surface area contributed by atoms with Gasteiger partial charge in [0.15, 0.2) is 0 Å². The maximum atomic E-state index is 12.3. The van der Waals surface area contributed by atoms with Crippen molar-refractivity contribution in [1.82, 2.24) is 14.9 Å². The minimum atomic E-state index is -4.02. The number of hydrogen-bond donors (Lipinski definition) is 4. The number of carbonyl (C=O) groups excluding carboxylic acids is 3. The van der Waals surface area contributed by atoms with Gasteiger partial charge in [0.25, 0.3) is 11.8 Å². The third kappa shape index (κ3) is 7.03. The Hall–Kier alpha value is -4.00. The van der Waals surface area contributed by atoms with Crippen molar-refractivity contribution in [3.05, 3.63) is 47.5 Å². The maximum absolute atomic E-state index is 12.3. The smallest absolute Gasteiger partial charge is 0.326 e. The molecule has 1 fully saturated rings. The van der Waals surface area contributed by atoms with Crippen LogP contribution in [-0.4, -0.2) is 75.0 Å². The number of rotatable bonds is 11. The summed E-state index contributed by atoms with van der Waals surface area (Å²) in [7, 11) is -0.853. The van der Waals surface area contributed by atoms with Gasteiger partial charge in [0.05, 0.1) is 12.3 Å². The van der Waals surface area contributed by atoms with Gasteiger partial charge in [-0.15, -0.1) is 0 Å². The molecule has 0 spiro atoms. The number of nitrogens with one attached hydrogen (secondary N) is 2.